The van der Waals surface area contributed by atoms with Crippen LogP contribution in [0, 0.1) is 0 Å². The Morgan fingerprint density at radius 2 is 1.63 bits per heavy atom. The average molecular weight is 553 g/mol. The van der Waals surface area contributed by atoms with Crippen LogP contribution in [0.15, 0.2) is 0 Å². The lowest BCUT2D eigenvalue weighted by Gasteiger charge is -2.48. The number of nitrogens with one attached hydrogen (secondary N) is 1. The second kappa shape index (κ2) is 14.0. The highest BCUT2D eigenvalue weighted by Gasteiger charge is 2.51. The number of carbonyl (C=O) groups is 1. The number of rotatable bonds is 10. The molecule has 2 aliphatic heterocycles. The summed E-state index contributed by atoms with van der Waals surface area (Å²) in [6, 6.07) is -3.54. The van der Waals surface area contributed by atoms with Crippen molar-refractivity contribution in [3.05, 3.63) is 0 Å². The van der Waals surface area contributed by atoms with Crippen LogP contribution in [-0.2, 0) is 23.7 Å². The van der Waals surface area contributed by atoms with E-state index in [0.29, 0.717) is 12.8 Å². The van der Waals surface area contributed by atoms with E-state index >= 15 is 0 Å². The monoisotopic (exact) mass is 552 g/mol. The van der Waals surface area contributed by atoms with Gasteiger partial charge in [-0.3, -0.25) is 4.79 Å². The molecule has 2 saturated heterocycles. The molecule has 0 aromatic rings. The summed E-state index contributed by atoms with van der Waals surface area (Å²) < 4.78 is 23.3. The smallest absolute Gasteiger partial charge is 0.249 e. The molecule has 1 saturated carbocycles. The van der Waals surface area contributed by atoms with Gasteiger partial charge in [-0.05, 0) is 32.2 Å². The molecule has 0 bridgehead atoms. The summed E-state index contributed by atoms with van der Waals surface area (Å²) >= 11 is 0. The van der Waals surface area contributed by atoms with Crippen molar-refractivity contribution >= 4 is 5.91 Å². The van der Waals surface area contributed by atoms with Crippen LogP contribution in [-0.4, -0.2) is 137 Å². The van der Waals surface area contributed by atoms with E-state index in [1.54, 1.807) is 0 Å². The van der Waals surface area contributed by atoms with Crippen LogP contribution in [0.25, 0.3) is 0 Å². The Labute approximate surface area is 220 Å². The summed E-state index contributed by atoms with van der Waals surface area (Å²) in [5.74, 6) is -0.762. The lowest BCUT2D eigenvalue weighted by molar-refractivity contribution is -0.314. The normalized spacial score (nSPS) is 44.9. The first-order valence-electron chi connectivity index (χ1n) is 12.9. The molecule has 0 radical (unpaired) electrons. The number of ether oxygens (including phenoxy) is 4. The minimum absolute atomic E-state index is 0.000983. The predicted molar refractivity (Wildman–Crippen MR) is 131 cm³/mol. The topological polar surface area (TPSA) is 297 Å². The Bertz CT molecular complexity index is 755. The van der Waals surface area contributed by atoms with Gasteiger partial charge < -0.3 is 78.5 Å². The zero-order valence-corrected chi connectivity index (χ0v) is 21.2. The van der Waals surface area contributed by atoms with Crippen LogP contribution in [0.4, 0.5) is 0 Å². The lowest BCUT2D eigenvalue weighted by atomic mass is 9.83. The van der Waals surface area contributed by atoms with Gasteiger partial charge in [-0.2, -0.15) is 0 Å². The van der Waals surface area contributed by atoms with E-state index < -0.39 is 92.0 Å². The first-order valence-corrected chi connectivity index (χ1v) is 12.9. The first-order chi connectivity index (χ1) is 18.0. The third kappa shape index (κ3) is 7.15. The Kier molecular flexibility index (Phi) is 11.6. The molecule has 0 spiro atoms. The molecule has 38 heavy (non-hydrogen) atoms. The van der Waals surface area contributed by atoms with E-state index in [1.165, 1.54) is 0 Å². The molecule has 0 aromatic heterocycles. The number of aliphatic hydroxyl groups excluding tert-OH is 5. The molecule has 1 aliphatic carbocycles. The summed E-state index contributed by atoms with van der Waals surface area (Å²) in [7, 11) is 0. The molecule has 0 aromatic carbocycles. The van der Waals surface area contributed by atoms with Crippen molar-refractivity contribution in [1.82, 2.24) is 5.32 Å². The maximum Gasteiger partial charge on any atom is 0.249 e. The van der Waals surface area contributed by atoms with Crippen LogP contribution >= 0.6 is 0 Å². The lowest BCUT2D eigenvalue weighted by Crippen LogP contribution is -2.69. The van der Waals surface area contributed by atoms with Gasteiger partial charge in [0.1, 0.15) is 42.7 Å². The molecule has 222 valence electrons. The van der Waals surface area contributed by atoms with Gasteiger partial charge in [0.05, 0.1) is 30.8 Å². The van der Waals surface area contributed by atoms with Crippen LogP contribution in [0.2, 0.25) is 0 Å². The van der Waals surface area contributed by atoms with Crippen molar-refractivity contribution in [1.29, 1.82) is 0 Å². The highest BCUT2D eigenvalue weighted by Crippen LogP contribution is 2.31. The van der Waals surface area contributed by atoms with E-state index in [4.69, 9.17) is 47.6 Å². The Morgan fingerprint density at radius 1 is 0.947 bits per heavy atom. The predicted octanol–water partition coefficient (Wildman–Crippen LogP) is -6.40. The molecular weight excluding hydrogens is 508 g/mol. The zero-order chi connectivity index (χ0) is 28.1. The molecule has 16 heteroatoms. The summed E-state index contributed by atoms with van der Waals surface area (Å²) in [5, 5.41) is 54.4. The standard InChI is InChI=1S/C22H44N6O10/c23-4-3-12(30)20(34)28-11-5-10(26)18(37-21-9(25)2-1-8(6-24)35-21)17(33)19(11)38-22-16(32)14(27)15(31)13(7-29)36-22/h8-19,21-22,29-33H,1-7,23-27H2,(H,28,34)/t8?,9?,10?,11?,12-,13?,14?,15?,16?,17?,18?,19?,21?,22?/m0/s1. The highest BCUT2D eigenvalue weighted by atomic mass is 16.7. The molecule has 3 rings (SSSR count). The fourth-order valence-corrected chi connectivity index (χ4v) is 5.02. The van der Waals surface area contributed by atoms with E-state index in [-0.39, 0.29) is 32.0 Å². The maximum atomic E-state index is 12.6. The Balaban J connectivity index is 1.82. The molecule has 3 aliphatic rings. The highest BCUT2D eigenvalue weighted by molar-refractivity contribution is 5.80. The van der Waals surface area contributed by atoms with Gasteiger partial charge in [-0.25, -0.2) is 0 Å². The Morgan fingerprint density at radius 3 is 2.26 bits per heavy atom. The number of hydrogen-bond donors (Lipinski definition) is 11. The van der Waals surface area contributed by atoms with Crippen molar-refractivity contribution in [2.24, 2.45) is 28.7 Å². The van der Waals surface area contributed by atoms with E-state index in [1.807, 2.05) is 0 Å². The molecule has 13 unspecified atom stereocenters. The summed E-state index contributed by atoms with van der Waals surface area (Å²) in [6.07, 6.45) is -10.8. The summed E-state index contributed by atoms with van der Waals surface area (Å²) in [5.41, 5.74) is 29.6. The van der Waals surface area contributed by atoms with Gasteiger partial charge in [0.25, 0.3) is 0 Å². The fraction of sp³-hybridized carbons (Fsp3) is 0.955. The molecule has 1 amide bonds. The number of carbonyl (C=O) groups excluding carboxylic acids is 1. The van der Waals surface area contributed by atoms with Gasteiger partial charge >= 0.3 is 0 Å². The summed E-state index contributed by atoms with van der Waals surface area (Å²) in [6.45, 7) is -0.296. The van der Waals surface area contributed by atoms with Gasteiger partial charge in [0.2, 0.25) is 5.91 Å². The maximum absolute atomic E-state index is 12.6. The quantitative estimate of drug-likeness (QED) is 0.120. The second-order valence-corrected chi connectivity index (χ2v) is 10.2. The van der Waals surface area contributed by atoms with Crippen molar-refractivity contribution in [3.8, 4) is 0 Å². The Hall–Kier alpha value is -1.09. The fourth-order valence-electron chi connectivity index (χ4n) is 5.02. The van der Waals surface area contributed by atoms with Crippen LogP contribution in [0.1, 0.15) is 25.7 Å². The molecule has 16 N–H and O–H groups in total. The van der Waals surface area contributed by atoms with E-state index in [0.717, 1.165) is 0 Å². The van der Waals surface area contributed by atoms with Gasteiger partial charge in [-0.15, -0.1) is 0 Å². The van der Waals surface area contributed by atoms with E-state index in [2.05, 4.69) is 5.32 Å². The number of amides is 1. The second-order valence-electron chi connectivity index (χ2n) is 10.2. The van der Waals surface area contributed by atoms with Gasteiger partial charge in [0.15, 0.2) is 12.6 Å². The van der Waals surface area contributed by atoms with Crippen LogP contribution in [0.5, 0.6) is 0 Å². The SMILES string of the molecule is NCC[C@H](O)C(=O)NC1CC(N)C(OC2OC(CN)CCC2N)C(O)C1OC1OC(CO)C(O)C(N)C1O. The van der Waals surface area contributed by atoms with Crippen LogP contribution < -0.4 is 34.0 Å². The molecular formula is C22H44N6O10. The minimum Gasteiger partial charge on any atom is -0.394 e. The van der Waals surface area contributed by atoms with Crippen molar-refractivity contribution in [3.63, 3.8) is 0 Å². The molecule has 16 nitrogen and oxygen atoms in total. The van der Waals surface area contributed by atoms with Gasteiger partial charge in [0, 0.05) is 12.6 Å². The van der Waals surface area contributed by atoms with Crippen molar-refractivity contribution < 1.29 is 49.3 Å². The first kappa shape index (κ1) is 31.4. The number of hydrogen-bond acceptors (Lipinski definition) is 15. The van der Waals surface area contributed by atoms with Crippen LogP contribution in [0.3, 0.4) is 0 Å². The minimum atomic E-state index is -1.55. The zero-order valence-electron chi connectivity index (χ0n) is 21.2. The molecule has 3 fully saturated rings. The van der Waals surface area contributed by atoms with Crippen molar-refractivity contribution in [2.45, 2.75) is 111 Å². The third-order valence-corrected chi connectivity index (χ3v) is 7.37. The summed E-state index contributed by atoms with van der Waals surface area (Å²) in [4.78, 5) is 12.6. The van der Waals surface area contributed by atoms with Crippen molar-refractivity contribution in [2.75, 3.05) is 19.7 Å². The third-order valence-electron chi connectivity index (χ3n) is 7.37. The molecule has 14 atom stereocenters. The van der Waals surface area contributed by atoms with Gasteiger partial charge in [-0.1, -0.05) is 0 Å². The molecule has 2 heterocycles. The number of nitrogens with two attached hydrogens (primary N) is 5. The van der Waals surface area contributed by atoms with E-state index in [9.17, 15) is 30.3 Å². The largest absolute Gasteiger partial charge is 0.394 e. The number of aliphatic hydroxyl groups is 5. The average Bonchev–Trinajstić information content (AvgIpc) is 2.89.